The molecule has 1 atom stereocenters. The molecule has 0 amide bonds. The van der Waals surface area contributed by atoms with Gasteiger partial charge in [0.25, 0.3) is 0 Å². The average Bonchev–Trinajstić information content (AvgIpc) is 3.36. The van der Waals surface area contributed by atoms with Crippen LogP contribution in [0.4, 0.5) is 8.78 Å². The zero-order chi connectivity index (χ0) is 20.1. The second kappa shape index (κ2) is 6.81. The summed E-state index contributed by atoms with van der Waals surface area (Å²) in [4.78, 5) is 4.70. The van der Waals surface area contributed by atoms with Crippen LogP contribution in [0.1, 0.15) is 23.9 Å². The van der Waals surface area contributed by atoms with E-state index in [0.717, 1.165) is 34.5 Å². The fraction of sp³-hybridized carbons (Fsp3) is 0.250. The van der Waals surface area contributed by atoms with E-state index in [9.17, 15) is 8.78 Å². The largest absolute Gasteiger partial charge is 0.434 e. The van der Waals surface area contributed by atoms with Crippen molar-refractivity contribution in [3.63, 3.8) is 0 Å². The highest BCUT2D eigenvalue weighted by molar-refractivity contribution is 6.31. The monoisotopic (exact) mass is 415 g/mol. The predicted molar refractivity (Wildman–Crippen MR) is 104 cm³/mol. The van der Waals surface area contributed by atoms with Crippen molar-refractivity contribution in [3.8, 4) is 17.0 Å². The lowest BCUT2D eigenvalue weighted by molar-refractivity contribution is -0.0506. The van der Waals surface area contributed by atoms with Crippen molar-refractivity contribution in [2.75, 3.05) is 0 Å². The summed E-state index contributed by atoms with van der Waals surface area (Å²) in [6.45, 7) is -2.93. The summed E-state index contributed by atoms with van der Waals surface area (Å²) in [7, 11) is 1.76. The van der Waals surface area contributed by atoms with Crippen LogP contribution in [0, 0.1) is 0 Å². The van der Waals surface area contributed by atoms with Crippen molar-refractivity contribution < 1.29 is 13.5 Å². The van der Waals surface area contributed by atoms with E-state index in [-0.39, 0.29) is 11.8 Å². The maximum Gasteiger partial charge on any atom is 0.387 e. The molecule has 0 aliphatic carbocycles. The number of nitrogens with zero attached hydrogens (tertiary/aromatic N) is 5. The number of hydrogen-bond donors (Lipinski definition) is 0. The van der Waals surface area contributed by atoms with Gasteiger partial charge in [-0.05, 0) is 30.7 Å². The molecule has 0 unspecified atom stereocenters. The highest BCUT2D eigenvalue weighted by atomic mass is 35.5. The molecule has 0 bridgehead atoms. The molecule has 0 fully saturated rings. The van der Waals surface area contributed by atoms with Gasteiger partial charge in [0.1, 0.15) is 11.6 Å². The molecule has 1 aliphatic rings. The fourth-order valence-electron chi connectivity index (χ4n) is 4.15. The first-order chi connectivity index (χ1) is 14.0. The van der Waals surface area contributed by atoms with E-state index in [1.54, 1.807) is 36.1 Å². The zero-order valence-corrected chi connectivity index (χ0v) is 16.1. The molecule has 6 nitrogen and oxygen atoms in total. The minimum absolute atomic E-state index is 0.139. The summed E-state index contributed by atoms with van der Waals surface area (Å²) in [5.74, 6) is 1.04. The normalized spacial score (nSPS) is 16.0. The van der Waals surface area contributed by atoms with E-state index >= 15 is 0 Å². The van der Waals surface area contributed by atoms with Gasteiger partial charge in [-0.3, -0.25) is 0 Å². The topological polar surface area (TPSA) is 57.8 Å². The quantitative estimate of drug-likeness (QED) is 0.488. The number of alkyl halides is 2. The van der Waals surface area contributed by atoms with Gasteiger partial charge in [-0.1, -0.05) is 28.9 Å². The van der Waals surface area contributed by atoms with Gasteiger partial charge < -0.3 is 9.30 Å². The third kappa shape index (κ3) is 2.95. The van der Waals surface area contributed by atoms with Gasteiger partial charge in [-0.2, -0.15) is 8.78 Å². The second-order valence-corrected chi connectivity index (χ2v) is 7.36. The molecule has 148 valence electrons. The summed E-state index contributed by atoms with van der Waals surface area (Å²) in [5.41, 5.74) is 3.82. The van der Waals surface area contributed by atoms with Crippen LogP contribution in [0.25, 0.3) is 22.3 Å². The highest BCUT2D eigenvalue weighted by Gasteiger charge is 2.32. The van der Waals surface area contributed by atoms with Crippen LogP contribution >= 0.6 is 11.6 Å². The van der Waals surface area contributed by atoms with Crippen molar-refractivity contribution in [2.24, 2.45) is 7.05 Å². The Hall–Kier alpha value is -3.00. The molecule has 2 aromatic heterocycles. The first kappa shape index (κ1) is 18.1. The van der Waals surface area contributed by atoms with Gasteiger partial charge in [0.05, 0.1) is 29.0 Å². The molecule has 9 heteroatoms. The number of imidazole rings is 1. The van der Waals surface area contributed by atoms with E-state index in [1.807, 2.05) is 18.2 Å². The van der Waals surface area contributed by atoms with Gasteiger partial charge in [0.2, 0.25) is 0 Å². The number of benzene rings is 2. The number of ether oxygens (including phenoxy) is 1. The van der Waals surface area contributed by atoms with E-state index in [4.69, 9.17) is 21.3 Å². The lowest BCUT2D eigenvalue weighted by Crippen LogP contribution is -2.12. The van der Waals surface area contributed by atoms with Crippen LogP contribution in [-0.2, 0) is 13.5 Å². The number of fused-ring (bicyclic) bond motifs is 3. The van der Waals surface area contributed by atoms with Crippen LogP contribution in [0.2, 0.25) is 5.02 Å². The van der Waals surface area contributed by atoms with Crippen LogP contribution < -0.4 is 4.74 Å². The van der Waals surface area contributed by atoms with Crippen molar-refractivity contribution in [2.45, 2.75) is 25.5 Å². The van der Waals surface area contributed by atoms with Crippen LogP contribution in [0.5, 0.6) is 5.75 Å². The molecule has 3 heterocycles. The Bertz CT molecular complexity index is 1220. The summed E-state index contributed by atoms with van der Waals surface area (Å²) >= 11 is 6.22. The molecule has 5 rings (SSSR count). The molecule has 29 heavy (non-hydrogen) atoms. The minimum atomic E-state index is -2.93. The standard InChI is InChI=1S/C20H16ClF2N5O/c1-27-16(10-24-26-27)12-3-2-4-17(29-20(22)23)19(12)14-7-8-18-25-13-6-5-11(21)9-15(13)28(14)18/h2-6,9-10,14,20H,7-8H2,1H3/t14-/m1/s1. The highest BCUT2D eigenvalue weighted by Crippen LogP contribution is 2.44. The Kier molecular flexibility index (Phi) is 4.24. The van der Waals surface area contributed by atoms with Gasteiger partial charge in [-0.15, -0.1) is 5.10 Å². The lowest BCUT2D eigenvalue weighted by Gasteiger charge is -2.22. The smallest absolute Gasteiger partial charge is 0.387 e. The van der Waals surface area contributed by atoms with Gasteiger partial charge in [0.15, 0.2) is 0 Å². The Morgan fingerprint density at radius 2 is 2.10 bits per heavy atom. The molecule has 1 aliphatic heterocycles. The molecule has 0 spiro atoms. The van der Waals surface area contributed by atoms with E-state index in [1.165, 1.54) is 0 Å². The number of aromatic nitrogens is 5. The van der Waals surface area contributed by atoms with Crippen molar-refractivity contribution >= 4 is 22.6 Å². The van der Waals surface area contributed by atoms with E-state index < -0.39 is 6.61 Å². The molecule has 0 saturated carbocycles. The minimum Gasteiger partial charge on any atom is -0.434 e. The average molecular weight is 416 g/mol. The third-order valence-electron chi connectivity index (χ3n) is 5.28. The number of halogens is 3. The maximum atomic E-state index is 13.2. The first-order valence-electron chi connectivity index (χ1n) is 9.12. The Labute approximate surface area is 169 Å². The Balaban J connectivity index is 1.76. The second-order valence-electron chi connectivity index (χ2n) is 6.92. The summed E-state index contributed by atoms with van der Waals surface area (Å²) in [6, 6.07) is 10.4. The zero-order valence-electron chi connectivity index (χ0n) is 15.4. The van der Waals surface area contributed by atoms with E-state index in [0.29, 0.717) is 17.0 Å². The van der Waals surface area contributed by atoms with Crippen molar-refractivity contribution in [1.29, 1.82) is 0 Å². The maximum absolute atomic E-state index is 13.2. The molecule has 0 saturated heterocycles. The van der Waals surface area contributed by atoms with Crippen LogP contribution in [0.15, 0.2) is 42.6 Å². The molecule has 0 radical (unpaired) electrons. The van der Waals surface area contributed by atoms with Crippen LogP contribution in [-0.4, -0.2) is 31.2 Å². The molecular weight excluding hydrogens is 400 g/mol. The molecule has 2 aromatic carbocycles. The van der Waals surface area contributed by atoms with Crippen LogP contribution in [0.3, 0.4) is 0 Å². The van der Waals surface area contributed by atoms with E-state index in [2.05, 4.69) is 14.9 Å². The van der Waals surface area contributed by atoms with Gasteiger partial charge in [0, 0.05) is 29.6 Å². The Morgan fingerprint density at radius 1 is 1.24 bits per heavy atom. The lowest BCUT2D eigenvalue weighted by atomic mass is 9.95. The fourth-order valence-corrected chi connectivity index (χ4v) is 4.32. The van der Waals surface area contributed by atoms with Crippen molar-refractivity contribution in [3.05, 3.63) is 59.0 Å². The predicted octanol–water partition coefficient (Wildman–Crippen LogP) is 4.62. The summed E-state index contributed by atoms with van der Waals surface area (Å²) in [6.07, 6.45) is 3.06. The number of hydrogen-bond acceptors (Lipinski definition) is 4. The third-order valence-corrected chi connectivity index (χ3v) is 5.52. The summed E-state index contributed by atoms with van der Waals surface area (Å²) < 4.78 is 35.0. The first-order valence-corrected chi connectivity index (χ1v) is 9.50. The van der Waals surface area contributed by atoms with Crippen molar-refractivity contribution in [1.82, 2.24) is 24.5 Å². The van der Waals surface area contributed by atoms with Gasteiger partial charge in [-0.25, -0.2) is 9.67 Å². The summed E-state index contributed by atoms with van der Waals surface area (Å²) in [5, 5.41) is 8.52. The SMILES string of the molecule is Cn1nncc1-c1cccc(OC(F)F)c1[C@H]1CCc2nc3ccc(Cl)cc3n21. The molecular formula is C20H16ClF2N5O. The van der Waals surface area contributed by atoms with Gasteiger partial charge >= 0.3 is 6.61 Å². The molecule has 0 N–H and O–H groups in total. The molecule has 4 aromatic rings. The number of rotatable bonds is 4. The number of aryl methyl sites for hydroxylation is 2. The Morgan fingerprint density at radius 3 is 2.86 bits per heavy atom.